The number of rotatable bonds is 25. The Morgan fingerprint density at radius 2 is 0.884 bits per heavy atom. The summed E-state index contributed by atoms with van der Waals surface area (Å²) in [4.78, 5) is 0. The number of hydrogen-bond donors (Lipinski definition) is 1. The predicted octanol–water partition coefficient (Wildman–Crippen LogP) is 11.4. The summed E-state index contributed by atoms with van der Waals surface area (Å²) < 4.78 is 6.77. The third kappa shape index (κ3) is 13.2. The number of hydrogen-bond acceptors (Lipinski definition) is 3. The van der Waals surface area contributed by atoms with Crippen LogP contribution >= 0.6 is 11.8 Å². The van der Waals surface area contributed by atoms with Gasteiger partial charge < -0.3 is 9.84 Å². The van der Waals surface area contributed by atoms with Gasteiger partial charge in [-0.25, -0.2) is 0 Å². The van der Waals surface area contributed by atoms with E-state index in [9.17, 15) is 5.11 Å². The van der Waals surface area contributed by atoms with E-state index >= 15 is 0 Å². The largest absolute Gasteiger partial charge is 0.390 e. The van der Waals surface area contributed by atoms with Crippen LogP contribution in [-0.2, 0) is 10.3 Å². The number of aliphatic hydroxyl groups excluding tert-OH is 1. The van der Waals surface area contributed by atoms with Gasteiger partial charge in [0.05, 0.1) is 12.7 Å². The van der Waals surface area contributed by atoms with Gasteiger partial charge in [-0.05, 0) is 28.9 Å². The molecule has 3 aromatic carbocycles. The van der Waals surface area contributed by atoms with Crippen LogP contribution in [0.25, 0.3) is 0 Å². The van der Waals surface area contributed by atoms with Crippen LogP contribution < -0.4 is 0 Å². The molecule has 236 valence electrons. The lowest BCUT2D eigenvalue weighted by atomic mass is 9.80. The van der Waals surface area contributed by atoms with E-state index in [-0.39, 0.29) is 6.61 Å². The number of benzene rings is 3. The zero-order valence-corrected chi connectivity index (χ0v) is 27.8. The molecule has 2 nitrogen and oxygen atoms in total. The van der Waals surface area contributed by atoms with Crippen LogP contribution in [-0.4, -0.2) is 29.3 Å². The summed E-state index contributed by atoms with van der Waals surface area (Å²) in [6, 6.07) is 31.2. The van der Waals surface area contributed by atoms with Crippen molar-refractivity contribution in [3.8, 4) is 0 Å². The summed E-state index contributed by atoms with van der Waals surface area (Å²) in [5.74, 6) is 1.81. The second kappa shape index (κ2) is 22.4. The molecule has 0 aromatic heterocycles. The van der Waals surface area contributed by atoms with Gasteiger partial charge in [-0.3, -0.25) is 0 Å². The first-order valence-corrected chi connectivity index (χ1v) is 18.5. The molecule has 3 rings (SSSR count). The lowest BCUT2D eigenvalue weighted by Crippen LogP contribution is -2.36. The molecule has 3 aromatic rings. The van der Waals surface area contributed by atoms with E-state index < -0.39 is 11.7 Å². The fourth-order valence-corrected chi connectivity index (χ4v) is 6.95. The minimum atomic E-state index is -0.774. The molecule has 3 heteroatoms. The lowest BCUT2D eigenvalue weighted by molar-refractivity contribution is -0.0311. The first-order valence-electron chi connectivity index (χ1n) is 17.3. The molecular formula is C40H58O2S. The molecule has 0 heterocycles. The highest BCUT2D eigenvalue weighted by molar-refractivity contribution is 7.99. The Labute approximate surface area is 268 Å². The molecule has 43 heavy (non-hydrogen) atoms. The average Bonchev–Trinajstić information content (AvgIpc) is 3.06. The van der Waals surface area contributed by atoms with Crippen molar-refractivity contribution in [3.05, 3.63) is 108 Å². The Morgan fingerprint density at radius 3 is 1.26 bits per heavy atom. The van der Waals surface area contributed by atoms with E-state index in [1.54, 1.807) is 0 Å². The van der Waals surface area contributed by atoms with Gasteiger partial charge in [-0.1, -0.05) is 194 Å². The van der Waals surface area contributed by atoms with Gasteiger partial charge in [0.2, 0.25) is 0 Å². The summed E-state index contributed by atoms with van der Waals surface area (Å²) in [6.45, 7) is 2.57. The molecule has 0 saturated carbocycles. The Balaban J connectivity index is 1.30. The number of unbranched alkanes of at least 4 members (excludes halogenated alkanes) is 15. The van der Waals surface area contributed by atoms with Gasteiger partial charge in [0, 0.05) is 5.75 Å². The lowest BCUT2D eigenvalue weighted by Gasteiger charge is -2.36. The third-order valence-electron chi connectivity index (χ3n) is 8.49. The standard InChI is InChI=1S/C40H58O2S/c1-2-3-4-5-6-7-8-9-10-11-12-13-14-15-16-26-33-43-35-39(41)34-42-40(36-27-20-17-21-28-36,37-29-22-18-23-30-37)38-31-24-19-25-32-38/h17-25,27-32,39,41H,2-16,26,33-35H2,1H3. The summed E-state index contributed by atoms with van der Waals surface area (Å²) >= 11 is 1.86. The molecule has 0 saturated heterocycles. The van der Waals surface area contributed by atoms with Crippen LogP contribution in [0.2, 0.25) is 0 Å². The molecule has 0 fully saturated rings. The maximum atomic E-state index is 10.9. The second-order valence-corrected chi connectivity index (χ2v) is 13.3. The predicted molar refractivity (Wildman–Crippen MR) is 188 cm³/mol. The molecule has 0 aliphatic heterocycles. The summed E-state index contributed by atoms with van der Waals surface area (Å²) in [5, 5.41) is 10.9. The van der Waals surface area contributed by atoms with Gasteiger partial charge in [-0.15, -0.1) is 0 Å². The molecule has 0 aliphatic rings. The van der Waals surface area contributed by atoms with Crippen molar-refractivity contribution >= 4 is 11.8 Å². The molecule has 0 spiro atoms. The highest BCUT2D eigenvalue weighted by atomic mass is 32.2. The summed E-state index contributed by atoms with van der Waals surface area (Å²) in [5.41, 5.74) is 2.44. The quantitative estimate of drug-likeness (QED) is 0.0772. The Kier molecular flexibility index (Phi) is 18.5. The van der Waals surface area contributed by atoms with Crippen molar-refractivity contribution in [2.75, 3.05) is 18.1 Å². The van der Waals surface area contributed by atoms with Crippen molar-refractivity contribution in [2.45, 2.75) is 121 Å². The molecule has 1 unspecified atom stereocenters. The third-order valence-corrected chi connectivity index (χ3v) is 9.68. The topological polar surface area (TPSA) is 29.5 Å². The maximum Gasteiger partial charge on any atom is 0.143 e. The van der Waals surface area contributed by atoms with Crippen LogP contribution in [0.4, 0.5) is 0 Å². The zero-order valence-electron chi connectivity index (χ0n) is 26.9. The highest BCUT2D eigenvalue weighted by Crippen LogP contribution is 2.40. The zero-order chi connectivity index (χ0) is 30.3. The minimum Gasteiger partial charge on any atom is -0.390 e. The van der Waals surface area contributed by atoms with Crippen molar-refractivity contribution in [1.29, 1.82) is 0 Å². The molecule has 0 amide bonds. The van der Waals surface area contributed by atoms with Crippen molar-refractivity contribution in [1.82, 2.24) is 0 Å². The molecule has 0 bridgehead atoms. The molecule has 0 radical (unpaired) electrons. The molecule has 0 aliphatic carbocycles. The van der Waals surface area contributed by atoms with Crippen molar-refractivity contribution in [3.63, 3.8) is 0 Å². The van der Waals surface area contributed by atoms with Crippen LogP contribution in [0.3, 0.4) is 0 Å². The Morgan fingerprint density at radius 1 is 0.535 bits per heavy atom. The first-order chi connectivity index (χ1) is 21.3. The first kappa shape index (κ1) is 35.4. The monoisotopic (exact) mass is 602 g/mol. The number of ether oxygens (including phenoxy) is 1. The van der Waals surface area contributed by atoms with E-state index in [1.165, 1.54) is 103 Å². The van der Waals surface area contributed by atoms with E-state index in [2.05, 4.69) is 79.7 Å². The van der Waals surface area contributed by atoms with E-state index in [0.717, 1.165) is 22.4 Å². The van der Waals surface area contributed by atoms with E-state index in [1.807, 2.05) is 30.0 Å². The SMILES string of the molecule is CCCCCCCCCCCCCCCCCCSCC(O)COC(c1ccccc1)(c1ccccc1)c1ccccc1. The van der Waals surface area contributed by atoms with Gasteiger partial charge >= 0.3 is 0 Å². The van der Waals surface area contributed by atoms with Gasteiger partial charge in [-0.2, -0.15) is 11.8 Å². The van der Waals surface area contributed by atoms with Crippen LogP contribution in [0, 0.1) is 0 Å². The minimum absolute atomic E-state index is 0.282. The molecule has 1 atom stereocenters. The number of thioether (sulfide) groups is 1. The summed E-state index contributed by atoms with van der Waals surface area (Å²) in [6.07, 6.45) is 21.8. The van der Waals surface area contributed by atoms with Crippen LogP contribution in [0.1, 0.15) is 126 Å². The number of aliphatic hydroxyl groups is 1. The fraction of sp³-hybridized carbons (Fsp3) is 0.550. The van der Waals surface area contributed by atoms with E-state index in [4.69, 9.17) is 4.74 Å². The average molecular weight is 603 g/mol. The fourth-order valence-electron chi connectivity index (χ4n) is 6.01. The van der Waals surface area contributed by atoms with Crippen molar-refractivity contribution < 1.29 is 9.84 Å². The Bertz CT molecular complexity index is 943. The van der Waals surface area contributed by atoms with Gasteiger partial charge in [0.1, 0.15) is 5.60 Å². The Hall–Kier alpha value is -2.07. The highest BCUT2D eigenvalue weighted by Gasteiger charge is 2.37. The second-order valence-electron chi connectivity index (χ2n) is 12.1. The molecule has 1 N–H and O–H groups in total. The van der Waals surface area contributed by atoms with E-state index in [0.29, 0.717) is 5.75 Å². The van der Waals surface area contributed by atoms with Crippen molar-refractivity contribution in [2.24, 2.45) is 0 Å². The summed E-state index contributed by atoms with van der Waals surface area (Å²) in [7, 11) is 0. The normalized spacial score (nSPS) is 12.4. The van der Waals surface area contributed by atoms with Crippen LogP contribution in [0.15, 0.2) is 91.0 Å². The molecular weight excluding hydrogens is 545 g/mol. The smallest absolute Gasteiger partial charge is 0.143 e. The van der Waals surface area contributed by atoms with Gasteiger partial charge in [0.15, 0.2) is 0 Å². The maximum absolute atomic E-state index is 10.9. The van der Waals surface area contributed by atoms with Crippen LogP contribution in [0.5, 0.6) is 0 Å². The van der Waals surface area contributed by atoms with Gasteiger partial charge in [0.25, 0.3) is 0 Å².